The first kappa shape index (κ1) is 21.7. The number of thiophene rings is 1. The molecule has 1 aliphatic carbocycles. The molecule has 3 heterocycles. The van der Waals surface area contributed by atoms with Crippen molar-refractivity contribution in [1.29, 1.82) is 0 Å². The molecule has 31 heavy (non-hydrogen) atoms. The van der Waals surface area contributed by atoms with Crippen LogP contribution in [0.5, 0.6) is 0 Å². The van der Waals surface area contributed by atoms with Gasteiger partial charge in [-0.1, -0.05) is 0 Å². The molecule has 2 aromatic heterocycles. The molecule has 8 nitrogen and oxygen atoms in total. The van der Waals surface area contributed by atoms with E-state index in [2.05, 4.69) is 25.1 Å². The van der Waals surface area contributed by atoms with E-state index in [1.54, 1.807) is 18.5 Å². The molecule has 1 fully saturated rings. The Balaban J connectivity index is 1.39. The van der Waals surface area contributed by atoms with E-state index < -0.39 is 0 Å². The van der Waals surface area contributed by atoms with Crippen LogP contribution in [-0.4, -0.2) is 65.6 Å². The van der Waals surface area contributed by atoms with E-state index >= 15 is 0 Å². The van der Waals surface area contributed by atoms with Crippen LogP contribution in [-0.2, 0) is 22.4 Å². The summed E-state index contributed by atoms with van der Waals surface area (Å²) in [6, 6.07) is 1.80. The van der Waals surface area contributed by atoms with Crippen molar-refractivity contribution in [2.75, 3.05) is 42.9 Å². The molecular formula is C22H29N5O3S. The lowest BCUT2D eigenvalue weighted by Crippen LogP contribution is -2.49. The molecule has 1 aliphatic heterocycles. The highest BCUT2D eigenvalue weighted by molar-refractivity contribution is 7.17. The molecule has 0 radical (unpaired) electrons. The van der Waals surface area contributed by atoms with Crippen molar-refractivity contribution in [2.24, 2.45) is 0 Å². The van der Waals surface area contributed by atoms with Crippen LogP contribution in [0.25, 0.3) is 0 Å². The number of rotatable bonds is 6. The number of carbonyl (C=O) groups is 2. The second-order valence-electron chi connectivity index (χ2n) is 8.23. The summed E-state index contributed by atoms with van der Waals surface area (Å²) >= 11 is 1.53. The molecule has 0 unspecified atom stereocenters. The number of hydrogen-bond donors (Lipinski definition) is 1. The number of anilines is 2. The van der Waals surface area contributed by atoms with Gasteiger partial charge in [-0.3, -0.25) is 9.69 Å². The van der Waals surface area contributed by atoms with E-state index in [0.29, 0.717) is 17.1 Å². The lowest BCUT2D eigenvalue weighted by molar-refractivity contribution is -0.117. The number of aryl methyl sites for hydroxylation is 1. The van der Waals surface area contributed by atoms with E-state index in [1.807, 2.05) is 13.8 Å². The van der Waals surface area contributed by atoms with Crippen LogP contribution >= 0.6 is 11.3 Å². The normalized spacial score (nSPS) is 16.8. The van der Waals surface area contributed by atoms with E-state index in [1.165, 1.54) is 16.2 Å². The highest BCUT2D eigenvalue weighted by Crippen LogP contribution is 2.38. The van der Waals surface area contributed by atoms with Crippen LogP contribution in [0, 0.1) is 0 Å². The molecule has 1 saturated heterocycles. The quantitative estimate of drug-likeness (QED) is 0.687. The molecular weight excluding hydrogens is 414 g/mol. The fraction of sp³-hybridized carbons (Fsp3) is 0.545. The number of esters is 1. The van der Waals surface area contributed by atoms with Gasteiger partial charge in [0, 0.05) is 43.4 Å². The molecule has 2 aromatic rings. The Morgan fingerprint density at radius 1 is 1.13 bits per heavy atom. The summed E-state index contributed by atoms with van der Waals surface area (Å²) in [5.41, 5.74) is 1.63. The topological polar surface area (TPSA) is 87.7 Å². The molecule has 0 bridgehead atoms. The van der Waals surface area contributed by atoms with Crippen molar-refractivity contribution in [3.05, 3.63) is 34.5 Å². The molecule has 9 heteroatoms. The third-order valence-corrected chi connectivity index (χ3v) is 6.75. The van der Waals surface area contributed by atoms with Gasteiger partial charge in [-0.05, 0) is 51.2 Å². The highest BCUT2D eigenvalue weighted by atomic mass is 32.1. The first-order valence-electron chi connectivity index (χ1n) is 10.9. The average molecular weight is 444 g/mol. The maximum Gasteiger partial charge on any atom is 0.341 e. The van der Waals surface area contributed by atoms with Gasteiger partial charge in [0.05, 0.1) is 18.2 Å². The number of fused-ring (bicyclic) bond motifs is 1. The number of piperazine rings is 1. The molecule has 1 N–H and O–H groups in total. The van der Waals surface area contributed by atoms with Crippen molar-refractivity contribution in [3.8, 4) is 0 Å². The van der Waals surface area contributed by atoms with Crippen molar-refractivity contribution < 1.29 is 14.3 Å². The number of carbonyl (C=O) groups excluding carboxylic acids is 2. The van der Waals surface area contributed by atoms with Crippen LogP contribution in [0.1, 0.15) is 47.5 Å². The summed E-state index contributed by atoms with van der Waals surface area (Å²) in [4.78, 5) is 39.6. The van der Waals surface area contributed by atoms with Gasteiger partial charge in [0.25, 0.3) is 0 Å². The van der Waals surface area contributed by atoms with Gasteiger partial charge in [0.2, 0.25) is 11.9 Å². The Kier molecular flexibility index (Phi) is 6.82. The number of amides is 1. The molecule has 0 spiro atoms. The van der Waals surface area contributed by atoms with Crippen LogP contribution in [0.3, 0.4) is 0 Å². The summed E-state index contributed by atoms with van der Waals surface area (Å²) in [6.45, 7) is 7.05. The van der Waals surface area contributed by atoms with Crippen molar-refractivity contribution >= 4 is 34.2 Å². The summed E-state index contributed by atoms with van der Waals surface area (Å²) in [7, 11) is 0. The summed E-state index contributed by atoms with van der Waals surface area (Å²) in [5, 5.41) is 3.65. The Hall–Kier alpha value is -2.52. The molecule has 0 atom stereocenters. The Bertz CT molecular complexity index is 923. The smallest absolute Gasteiger partial charge is 0.341 e. The SMILES string of the molecule is CC(C)OC(=O)c1c(NC(=O)CN2CCN(c3ncccn3)CC2)sc2c1CCCC2. The van der Waals surface area contributed by atoms with Gasteiger partial charge >= 0.3 is 5.97 Å². The van der Waals surface area contributed by atoms with Crippen LogP contribution in [0.15, 0.2) is 18.5 Å². The number of nitrogens with one attached hydrogen (secondary N) is 1. The summed E-state index contributed by atoms with van der Waals surface area (Å²) in [6.07, 6.45) is 7.30. The minimum Gasteiger partial charge on any atom is -0.459 e. The van der Waals surface area contributed by atoms with Gasteiger partial charge in [-0.25, -0.2) is 14.8 Å². The minimum atomic E-state index is -0.332. The first-order chi connectivity index (χ1) is 15.0. The van der Waals surface area contributed by atoms with Gasteiger partial charge in [-0.2, -0.15) is 0 Å². The van der Waals surface area contributed by atoms with Crippen LogP contribution < -0.4 is 10.2 Å². The van der Waals surface area contributed by atoms with Gasteiger partial charge < -0.3 is 15.0 Å². The first-order valence-corrected chi connectivity index (χ1v) is 11.7. The van der Waals surface area contributed by atoms with E-state index in [9.17, 15) is 9.59 Å². The second kappa shape index (κ2) is 9.74. The van der Waals surface area contributed by atoms with E-state index in [4.69, 9.17) is 4.74 Å². The predicted molar refractivity (Wildman–Crippen MR) is 121 cm³/mol. The number of hydrogen-bond acceptors (Lipinski definition) is 8. The minimum absolute atomic E-state index is 0.0957. The fourth-order valence-corrected chi connectivity index (χ4v) is 5.37. The molecule has 166 valence electrons. The molecule has 0 aromatic carbocycles. The summed E-state index contributed by atoms with van der Waals surface area (Å²) in [5.74, 6) is 0.298. The number of aromatic nitrogens is 2. The number of ether oxygens (including phenoxy) is 1. The van der Waals surface area contributed by atoms with E-state index in [0.717, 1.165) is 63.4 Å². The lowest BCUT2D eigenvalue weighted by atomic mass is 9.95. The highest BCUT2D eigenvalue weighted by Gasteiger charge is 2.28. The maximum absolute atomic E-state index is 12.8. The van der Waals surface area contributed by atoms with Crippen molar-refractivity contribution in [2.45, 2.75) is 45.6 Å². The molecule has 2 aliphatic rings. The second-order valence-corrected chi connectivity index (χ2v) is 9.33. The predicted octanol–water partition coefficient (Wildman–Crippen LogP) is 2.74. The summed E-state index contributed by atoms with van der Waals surface area (Å²) < 4.78 is 5.48. The monoisotopic (exact) mass is 443 g/mol. The van der Waals surface area contributed by atoms with Gasteiger partial charge in [0.1, 0.15) is 5.00 Å². The Labute approximate surface area is 186 Å². The lowest BCUT2D eigenvalue weighted by Gasteiger charge is -2.34. The third kappa shape index (κ3) is 5.22. The van der Waals surface area contributed by atoms with Crippen molar-refractivity contribution in [1.82, 2.24) is 14.9 Å². The molecule has 4 rings (SSSR count). The van der Waals surface area contributed by atoms with Crippen LogP contribution in [0.4, 0.5) is 10.9 Å². The fourth-order valence-electron chi connectivity index (χ4n) is 4.07. The molecule has 1 amide bonds. The zero-order chi connectivity index (χ0) is 21.8. The standard InChI is InChI=1S/C22H29N5O3S/c1-15(2)30-21(29)19-16-6-3-4-7-17(16)31-20(19)25-18(28)14-26-10-12-27(13-11-26)22-23-8-5-9-24-22/h5,8-9,15H,3-4,6-7,10-14H2,1-2H3,(H,25,28). The zero-order valence-corrected chi connectivity index (χ0v) is 18.9. The van der Waals surface area contributed by atoms with E-state index in [-0.39, 0.29) is 18.0 Å². The average Bonchev–Trinajstić information content (AvgIpc) is 3.12. The van der Waals surface area contributed by atoms with Crippen molar-refractivity contribution in [3.63, 3.8) is 0 Å². The van der Waals surface area contributed by atoms with Crippen LogP contribution in [0.2, 0.25) is 0 Å². The van der Waals surface area contributed by atoms with Gasteiger partial charge in [0.15, 0.2) is 0 Å². The Morgan fingerprint density at radius 2 is 1.84 bits per heavy atom. The third-order valence-electron chi connectivity index (χ3n) is 5.55. The van der Waals surface area contributed by atoms with Gasteiger partial charge in [-0.15, -0.1) is 11.3 Å². The largest absolute Gasteiger partial charge is 0.459 e. The molecule has 0 saturated carbocycles. The Morgan fingerprint density at radius 3 is 2.55 bits per heavy atom. The maximum atomic E-state index is 12.8. The zero-order valence-electron chi connectivity index (χ0n) is 18.1. The number of nitrogens with zero attached hydrogens (tertiary/aromatic N) is 4.